The van der Waals surface area contributed by atoms with Crippen molar-refractivity contribution in [3.05, 3.63) is 23.8 Å². The summed E-state index contributed by atoms with van der Waals surface area (Å²) in [6.45, 7) is 8.14. The Morgan fingerprint density at radius 2 is 1.89 bits per heavy atom. The van der Waals surface area contributed by atoms with Crippen molar-refractivity contribution in [2.24, 2.45) is 5.92 Å². The Labute approximate surface area is 226 Å². The average Bonchev–Trinajstić information content (AvgIpc) is 2.91. The standard InChI is InChI=1S/C28H45N5O5/c1-18(2)29-27(36)30-23-11-12-24-21(13-23)14-26(35)33(20(4)17-34)15-19(3)25(38-24)16-32(5)28(37)31-22-9-7-6-8-10-22/h11-13,18-20,22,25,34H,6-10,14-17H2,1-5H3,(H,31,37)(H2,29,30,36)/t19-,20-,25+/m0/s1. The van der Waals surface area contributed by atoms with Crippen molar-refractivity contribution < 1.29 is 24.2 Å². The quantitative estimate of drug-likeness (QED) is 0.430. The van der Waals surface area contributed by atoms with E-state index in [0.29, 0.717) is 30.1 Å². The number of amides is 5. The molecule has 1 aliphatic carbocycles. The molecule has 0 bridgehead atoms. The number of fused-ring (bicyclic) bond motifs is 1. The second-order valence-electron chi connectivity index (χ2n) is 11.1. The Hall–Kier alpha value is -3.01. The summed E-state index contributed by atoms with van der Waals surface area (Å²) < 4.78 is 6.48. The Morgan fingerprint density at radius 3 is 2.55 bits per heavy atom. The van der Waals surface area contributed by atoms with Gasteiger partial charge in [-0.2, -0.15) is 0 Å². The van der Waals surface area contributed by atoms with Crippen molar-refractivity contribution in [1.82, 2.24) is 20.4 Å². The summed E-state index contributed by atoms with van der Waals surface area (Å²) in [7, 11) is 1.77. The average molecular weight is 532 g/mol. The van der Waals surface area contributed by atoms with Gasteiger partial charge in [0.05, 0.1) is 25.6 Å². The number of aliphatic hydroxyl groups is 1. The number of hydrogen-bond donors (Lipinski definition) is 4. The van der Waals surface area contributed by atoms with Gasteiger partial charge in [0.1, 0.15) is 11.9 Å². The number of benzene rings is 1. The van der Waals surface area contributed by atoms with Gasteiger partial charge in [0.2, 0.25) is 5.91 Å². The molecular weight excluding hydrogens is 486 g/mol. The number of carbonyl (C=O) groups is 3. The molecule has 0 radical (unpaired) electrons. The molecule has 0 spiro atoms. The number of nitrogens with one attached hydrogen (secondary N) is 3. The van der Waals surface area contributed by atoms with E-state index in [9.17, 15) is 19.5 Å². The molecule has 38 heavy (non-hydrogen) atoms. The van der Waals surface area contributed by atoms with E-state index in [4.69, 9.17) is 4.74 Å². The van der Waals surface area contributed by atoms with Gasteiger partial charge in [0.15, 0.2) is 0 Å². The van der Waals surface area contributed by atoms with Gasteiger partial charge in [-0.05, 0) is 51.8 Å². The first-order valence-corrected chi connectivity index (χ1v) is 13.9. The van der Waals surface area contributed by atoms with Crippen molar-refractivity contribution in [3.63, 3.8) is 0 Å². The van der Waals surface area contributed by atoms with Crippen molar-refractivity contribution in [2.45, 2.75) is 90.4 Å². The molecule has 1 fully saturated rings. The van der Waals surface area contributed by atoms with Crippen LogP contribution in [-0.2, 0) is 11.2 Å². The molecule has 5 amide bonds. The summed E-state index contributed by atoms with van der Waals surface area (Å²) in [6, 6.07) is 4.63. The summed E-state index contributed by atoms with van der Waals surface area (Å²) in [6.07, 6.45) is 5.18. The van der Waals surface area contributed by atoms with E-state index in [0.717, 1.165) is 25.7 Å². The fourth-order valence-corrected chi connectivity index (χ4v) is 5.04. The van der Waals surface area contributed by atoms with Crippen LogP contribution in [-0.4, -0.2) is 83.8 Å². The third-order valence-electron chi connectivity index (χ3n) is 7.33. The minimum absolute atomic E-state index is 0.0177. The van der Waals surface area contributed by atoms with E-state index in [1.54, 1.807) is 35.0 Å². The lowest BCUT2D eigenvalue weighted by Gasteiger charge is -2.34. The van der Waals surface area contributed by atoms with Gasteiger partial charge in [0.25, 0.3) is 0 Å². The largest absolute Gasteiger partial charge is 0.488 e. The Kier molecular flexibility index (Phi) is 10.6. The van der Waals surface area contributed by atoms with Gasteiger partial charge in [-0.25, -0.2) is 9.59 Å². The Morgan fingerprint density at radius 1 is 1.18 bits per heavy atom. The van der Waals surface area contributed by atoms with E-state index in [1.807, 2.05) is 27.7 Å². The normalized spacial score (nSPS) is 21.3. The number of hydrogen-bond acceptors (Lipinski definition) is 5. The molecule has 1 heterocycles. The van der Waals surface area contributed by atoms with E-state index in [-0.39, 0.29) is 55.0 Å². The SMILES string of the molecule is CC(C)NC(=O)Nc1ccc2c(c1)CC(=O)N([C@@H](C)CO)C[C@H](C)[C@@H](CN(C)C(=O)NC1CCCCC1)O2. The predicted octanol–water partition coefficient (Wildman–Crippen LogP) is 3.34. The second kappa shape index (κ2) is 13.7. The van der Waals surface area contributed by atoms with Crippen LogP contribution in [0.2, 0.25) is 0 Å². The lowest BCUT2D eigenvalue weighted by molar-refractivity contribution is -0.134. The molecule has 1 aromatic carbocycles. The van der Waals surface area contributed by atoms with Crippen LogP contribution in [0, 0.1) is 5.92 Å². The summed E-state index contributed by atoms with van der Waals surface area (Å²) in [5, 5.41) is 18.6. The number of carbonyl (C=O) groups excluding carboxylic acids is 3. The fraction of sp³-hybridized carbons (Fsp3) is 0.679. The maximum atomic E-state index is 13.4. The monoisotopic (exact) mass is 531 g/mol. The van der Waals surface area contributed by atoms with E-state index >= 15 is 0 Å². The third-order valence-corrected chi connectivity index (χ3v) is 7.33. The minimum atomic E-state index is -0.391. The van der Waals surface area contributed by atoms with Crippen molar-refractivity contribution in [3.8, 4) is 5.75 Å². The minimum Gasteiger partial charge on any atom is -0.488 e. The summed E-state index contributed by atoms with van der Waals surface area (Å²) in [5.74, 6) is 0.305. The second-order valence-corrected chi connectivity index (χ2v) is 11.1. The van der Waals surface area contributed by atoms with Crippen LogP contribution in [0.3, 0.4) is 0 Å². The third kappa shape index (κ3) is 8.24. The lowest BCUT2D eigenvalue weighted by atomic mass is 9.96. The molecule has 2 aliphatic rings. The summed E-state index contributed by atoms with van der Waals surface area (Å²) in [4.78, 5) is 41.9. The number of anilines is 1. The van der Waals surface area contributed by atoms with E-state index < -0.39 is 6.10 Å². The maximum absolute atomic E-state index is 13.4. The van der Waals surface area contributed by atoms with Gasteiger partial charge in [-0.1, -0.05) is 26.2 Å². The van der Waals surface area contributed by atoms with Gasteiger partial charge in [-0.15, -0.1) is 0 Å². The first-order chi connectivity index (χ1) is 18.1. The Balaban J connectivity index is 1.83. The predicted molar refractivity (Wildman–Crippen MR) is 147 cm³/mol. The number of aliphatic hydroxyl groups excluding tert-OH is 1. The molecule has 1 saturated carbocycles. The van der Waals surface area contributed by atoms with Crippen LogP contribution in [0.4, 0.5) is 15.3 Å². The first-order valence-electron chi connectivity index (χ1n) is 13.9. The highest BCUT2D eigenvalue weighted by Crippen LogP contribution is 2.29. The van der Waals surface area contributed by atoms with Crippen LogP contribution in [0.25, 0.3) is 0 Å². The van der Waals surface area contributed by atoms with Gasteiger partial charge < -0.3 is 35.6 Å². The van der Waals surface area contributed by atoms with Crippen molar-refractivity contribution in [2.75, 3.05) is 32.1 Å². The number of likely N-dealkylation sites (N-methyl/N-ethyl adjacent to an activating group) is 1. The van der Waals surface area contributed by atoms with Gasteiger partial charge >= 0.3 is 12.1 Å². The molecule has 212 valence electrons. The first kappa shape index (κ1) is 29.5. The lowest BCUT2D eigenvalue weighted by Crippen LogP contribution is -2.50. The van der Waals surface area contributed by atoms with Gasteiger partial charge in [0, 0.05) is 42.8 Å². The van der Waals surface area contributed by atoms with Gasteiger partial charge in [-0.3, -0.25) is 4.79 Å². The smallest absolute Gasteiger partial charge is 0.319 e. The Bertz CT molecular complexity index is 965. The van der Waals surface area contributed by atoms with Crippen LogP contribution in [0.1, 0.15) is 65.4 Å². The highest BCUT2D eigenvalue weighted by atomic mass is 16.5. The molecule has 1 aliphatic heterocycles. The van der Waals surface area contributed by atoms with E-state index in [1.165, 1.54) is 6.42 Å². The maximum Gasteiger partial charge on any atom is 0.319 e. The zero-order chi connectivity index (χ0) is 27.8. The zero-order valence-electron chi connectivity index (χ0n) is 23.5. The van der Waals surface area contributed by atoms with Crippen LogP contribution in [0.5, 0.6) is 5.75 Å². The molecule has 0 unspecified atom stereocenters. The molecule has 0 saturated heterocycles. The highest BCUT2D eigenvalue weighted by Gasteiger charge is 2.32. The molecule has 3 atom stereocenters. The molecule has 3 rings (SSSR count). The molecule has 4 N–H and O–H groups in total. The van der Waals surface area contributed by atoms with Crippen molar-refractivity contribution >= 4 is 23.7 Å². The number of ether oxygens (including phenoxy) is 1. The number of rotatable bonds is 7. The fourth-order valence-electron chi connectivity index (χ4n) is 5.04. The summed E-state index contributed by atoms with van der Waals surface area (Å²) in [5.41, 5.74) is 1.19. The number of nitrogens with zero attached hydrogens (tertiary/aromatic N) is 2. The summed E-state index contributed by atoms with van der Waals surface area (Å²) >= 11 is 0. The number of urea groups is 2. The van der Waals surface area contributed by atoms with Crippen LogP contribution in [0.15, 0.2) is 18.2 Å². The van der Waals surface area contributed by atoms with Crippen LogP contribution < -0.4 is 20.7 Å². The molecule has 0 aromatic heterocycles. The zero-order valence-corrected chi connectivity index (χ0v) is 23.5. The highest BCUT2D eigenvalue weighted by molar-refractivity contribution is 5.90. The van der Waals surface area contributed by atoms with Crippen molar-refractivity contribution in [1.29, 1.82) is 0 Å². The molecule has 10 heteroatoms. The van der Waals surface area contributed by atoms with Crippen LogP contribution >= 0.6 is 0 Å². The molecular formula is C28H45N5O5. The molecule has 10 nitrogen and oxygen atoms in total. The van der Waals surface area contributed by atoms with E-state index in [2.05, 4.69) is 16.0 Å². The topological polar surface area (TPSA) is 123 Å². The molecule has 1 aromatic rings.